The van der Waals surface area contributed by atoms with E-state index in [2.05, 4.69) is 366 Å². The average Bonchev–Trinajstić information content (AvgIpc) is 1.58. The van der Waals surface area contributed by atoms with E-state index in [9.17, 15) is 13.7 Å². The van der Waals surface area contributed by atoms with Crippen LogP contribution < -0.4 is 52.2 Å². The molecule has 0 saturated heterocycles. The number of para-hydroxylation sites is 4. The van der Waals surface area contributed by atoms with Gasteiger partial charge in [0.2, 0.25) is 0 Å². The van der Waals surface area contributed by atoms with Crippen LogP contribution in [0.2, 0.25) is 0 Å². The molecule has 5 heterocycles. The number of nitrogens with zero attached hydrogens (tertiary/aromatic N) is 4. The Labute approximate surface area is 800 Å². The molecular weight excluding hydrogens is 1620 g/mol. The number of hydrogen-bond donors (Lipinski definition) is 0. The summed E-state index contributed by atoms with van der Waals surface area (Å²) in [5.74, 6) is 1.16. The van der Waals surface area contributed by atoms with Crippen molar-refractivity contribution in [2.75, 3.05) is 14.7 Å². The van der Waals surface area contributed by atoms with Crippen molar-refractivity contribution in [2.24, 2.45) is 0 Å². The summed E-state index contributed by atoms with van der Waals surface area (Å²) in [5.41, 5.74) is 33.2. The van der Waals surface area contributed by atoms with Crippen molar-refractivity contribution in [3.63, 3.8) is 0 Å². The predicted molar refractivity (Wildman–Crippen MR) is 564 cm³/mol. The summed E-state index contributed by atoms with van der Waals surface area (Å²) in [7, 11) is 0. The van der Waals surface area contributed by atoms with E-state index in [4.69, 9.17) is 8.85 Å². The molecule has 0 atom stereocenters. The molecule has 1 aromatic heterocycles. The van der Waals surface area contributed by atoms with Crippen LogP contribution in [-0.2, 0) is 16.2 Å². The number of benzene rings is 20. The van der Waals surface area contributed by atoms with Crippen LogP contribution in [0.4, 0.5) is 51.2 Å². The minimum Gasteiger partial charge on any atom is -0.458 e. The first-order chi connectivity index (χ1) is 71.2. The molecule has 0 fully saturated rings. The zero-order valence-corrected chi connectivity index (χ0v) is 74.4. The van der Waals surface area contributed by atoms with E-state index in [1.54, 1.807) is 16.7 Å². The molecule has 630 valence electrons. The second-order valence-corrected chi connectivity index (χ2v) is 38.3. The molecule has 0 radical (unpaired) electrons. The van der Waals surface area contributed by atoms with Crippen molar-refractivity contribution >= 4 is 130 Å². The molecule has 21 aromatic rings. The Morgan fingerprint density at radius 2 is 0.709 bits per heavy atom. The molecule has 27 rings (SSSR count). The van der Waals surface area contributed by atoms with E-state index in [0.29, 0.717) is 39.8 Å². The van der Waals surface area contributed by atoms with E-state index in [1.807, 2.05) is 36.4 Å². The quantitative estimate of drug-likeness (QED) is 0.127. The van der Waals surface area contributed by atoms with E-state index in [-0.39, 0.29) is 50.6 Å². The second kappa shape index (κ2) is 29.4. The van der Waals surface area contributed by atoms with Gasteiger partial charge in [-0.05, 0) is 234 Å². The van der Waals surface area contributed by atoms with Gasteiger partial charge in [0.25, 0.3) is 13.4 Å². The Kier molecular flexibility index (Phi) is 14.3. The maximum atomic E-state index is 10.2. The first-order valence-electron chi connectivity index (χ1n) is 52.6. The van der Waals surface area contributed by atoms with Gasteiger partial charge in [-0.1, -0.05) is 387 Å². The highest BCUT2D eigenvalue weighted by atomic mass is 16.5. The van der Waals surface area contributed by atoms with Crippen molar-refractivity contribution in [3.8, 4) is 106 Å². The average molecular weight is 1720 g/mol. The van der Waals surface area contributed by atoms with Gasteiger partial charge in [0.05, 0.1) is 57.0 Å². The van der Waals surface area contributed by atoms with Crippen LogP contribution in [0.3, 0.4) is 0 Å². The van der Waals surface area contributed by atoms with Crippen LogP contribution in [0, 0.1) is 0 Å². The summed E-state index contributed by atoms with van der Waals surface area (Å²) in [4.78, 5) is 7.09. The van der Waals surface area contributed by atoms with E-state index < -0.39 is 90.7 Å². The molecule has 5 nitrogen and oxygen atoms in total. The van der Waals surface area contributed by atoms with Crippen LogP contribution >= 0.6 is 0 Å². The lowest BCUT2D eigenvalue weighted by Gasteiger charge is -2.46. The van der Waals surface area contributed by atoms with Gasteiger partial charge >= 0.3 is 0 Å². The summed E-state index contributed by atoms with van der Waals surface area (Å²) >= 11 is 0. The Morgan fingerprint density at radius 3 is 1.25 bits per heavy atom. The highest BCUT2D eigenvalue weighted by molar-refractivity contribution is 7.03. The lowest BCUT2D eigenvalue weighted by molar-refractivity contribution is 0.488. The van der Waals surface area contributed by atoms with Crippen LogP contribution in [0.5, 0.6) is 11.5 Å². The second-order valence-electron chi connectivity index (χ2n) is 38.3. The molecule has 134 heavy (non-hydrogen) atoms. The fourth-order valence-corrected chi connectivity index (χ4v) is 23.2. The van der Waals surface area contributed by atoms with Gasteiger partial charge in [-0.3, -0.25) is 0 Å². The van der Waals surface area contributed by atoms with Gasteiger partial charge in [0.15, 0.2) is 0 Å². The normalized spacial score (nSPS) is 15.0. The Bertz CT molecular complexity index is 9080. The largest absolute Gasteiger partial charge is 0.458 e. The maximum Gasteiger partial charge on any atom is 0.256 e. The molecule has 0 amide bonds. The molecule has 2 aliphatic carbocycles. The molecule has 0 bridgehead atoms. The molecule has 7 heteroatoms. The van der Waals surface area contributed by atoms with E-state index in [0.717, 1.165) is 133 Å². The molecule has 20 aromatic carbocycles. The molecule has 0 saturated carbocycles. The van der Waals surface area contributed by atoms with Crippen LogP contribution in [0.1, 0.15) is 92.7 Å². The van der Waals surface area contributed by atoms with Gasteiger partial charge in [-0.15, -0.1) is 0 Å². The van der Waals surface area contributed by atoms with Crippen LogP contribution in [-0.4, -0.2) is 18.0 Å². The predicted octanol–water partition coefficient (Wildman–Crippen LogP) is 29.4. The zero-order chi connectivity index (χ0) is 100. The minimum absolute atomic E-state index is 0.00759. The van der Waals surface area contributed by atoms with Gasteiger partial charge in [0, 0.05) is 78.6 Å². The standard InChI is InChI=1S/C127H90B2N4O/c1-125(2,3)87-71-99(81-39-14-8-15-40-81)122(100(72-87)82-41-16-9-17-42-82)132-112-61-34-30-57-106(112)128-108-77-109-117(78-114(108)130(89-66-63-80(64-67-89)79-37-12-7-13-38-79)115-75-90(76-116(132)120(115)128)131-110-59-32-25-50-96(110)97-51-26-33-60-111(97)131)134-118-70-86-69-85(91-52-36-53-98-95-49-24-29-56-105(95)127(119(91)98)103-54-27-22-47-93(103)94-48-23-28-55-104(94)127)65-68-92(86)124-121(118)129(109)107-58-31-35-62-113(107)133(124)123-101(83-43-18-10-19-44-83)73-88(126(4,5)6)74-102(123)84-45-20-11-21-46-84/h7-78H,1-6H3/i7D,12D,13D,25D,26D,32D,33D,37D,38D,50D,51D,59D,60D. The van der Waals surface area contributed by atoms with Gasteiger partial charge < -0.3 is 24.0 Å². The number of rotatable bonds is 10. The third-order valence-corrected chi connectivity index (χ3v) is 29.0. The maximum absolute atomic E-state index is 10.2. The van der Waals surface area contributed by atoms with Crippen LogP contribution in [0.25, 0.3) is 127 Å². The molecular formula is C127H90B2N4O. The summed E-state index contributed by atoms with van der Waals surface area (Å²) < 4.78 is 134. The zero-order valence-electron chi connectivity index (χ0n) is 87.4. The Balaban J connectivity index is 0.780. The minimum atomic E-state index is -0.702. The Hall–Kier alpha value is -16.2. The number of aromatic nitrogens is 1. The third kappa shape index (κ3) is 11.4. The van der Waals surface area contributed by atoms with E-state index >= 15 is 0 Å². The molecule has 0 N–H and O–H groups in total. The molecule has 6 aliphatic rings. The molecule has 4 aliphatic heterocycles. The third-order valence-electron chi connectivity index (χ3n) is 29.0. The number of hydrogen-bond acceptors (Lipinski definition) is 4. The first-order valence-corrected chi connectivity index (χ1v) is 46.1. The van der Waals surface area contributed by atoms with E-state index in [1.165, 1.54) is 50.1 Å². The number of anilines is 9. The smallest absolute Gasteiger partial charge is 0.256 e. The van der Waals surface area contributed by atoms with Crippen molar-refractivity contribution in [1.82, 2.24) is 4.57 Å². The topological polar surface area (TPSA) is 23.9 Å². The van der Waals surface area contributed by atoms with Crippen molar-refractivity contribution < 1.29 is 22.6 Å². The summed E-state index contributed by atoms with van der Waals surface area (Å²) in [6, 6.07) is 122. The number of ether oxygens (including phenoxy) is 1. The van der Waals surface area contributed by atoms with Crippen molar-refractivity contribution in [3.05, 3.63) is 470 Å². The fourth-order valence-electron chi connectivity index (χ4n) is 23.2. The van der Waals surface area contributed by atoms with Gasteiger partial charge in [-0.25, -0.2) is 0 Å². The Morgan fingerprint density at radius 1 is 0.269 bits per heavy atom. The summed E-state index contributed by atoms with van der Waals surface area (Å²) in [6.07, 6.45) is 0. The van der Waals surface area contributed by atoms with Crippen molar-refractivity contribution in [2.45, 2.75) is 57.8 Å². The highest BCUT2D eigenvalue weighted by Crippen LogP contribution is 2.66. The lowest BCUT2D eigenvalue weighted by Crippen LogP contribution is -2.64. The SMILES string of the molecule is [2H]c1c([2H])c([2H])c(-c2ccc(N3c4cc5c(cc4B4c6ccccc6N(c6c(-c7ccccc7)cc(C(C)(C)C)cc6-c6ccccc6)c6cc(-n7c8c([2H])c([2H])c([2H])c([2H])c8c8c([2H])c([2H])c([2H])c([2H])c87)cc3c64)B3c4ccccc4N(c4c(-c6ccccc6)cc(C(C)(C)C)cc4-c4ccccc4)c4c3c(cc3cc(-c6cccc7c6C6(c8ccccc8-c8ccccc86)c6ccccc6-7)ccc43)O5)cc2)c([2H])c1[2H]. The monoisotopic (exact) mass is 1720 g/mol. The fraction of sp³-hybridized carbons (Fsp3) is 0.0709. The summed E-state index contributed by atoms with van der Waals surface area (Å²) in [6.45, 7) is 12.3. The summed E-state index contributed by atoms with van der Waals surface area (Å²) in [5, 5.41) is 1.74. The van der Waals surface area contributed by atoms with Gasteiger partial charge in [0.1, 0.15) is 11.5 Å². The van der Waals surface area contributed by atoms with Crippen molar-refractivity contribution in [1.29, 1.82) is 0 Å². The molecule has 1 spiro atoms. The number of fused-ring (bicyclic) bond motifs is 23. The molecule has 0 unspecified atom stereocenters. The first kappa shape index (κ1) is 65.4. The highest BCUT2D eigenvalue weighted by Gasteiger charge is 2.54. The van der Waals surface area contributed by atoms with Gasteiger partial charge in [-0.2, -0.15) is 0 Å². The van der Waals surface area contributed by atoms with Crippen LogP contribution in [0.15, 0.2) is 436 Å². The lowest BCUT2D eigenvalue weighted by atomic mass is 9.30.